The first kappa shape index (κ1) is 19.2. The van der Waals surface area contributed by atoms with Crippen molar-refractivity contribution >= 4 is 12.2 Å². The van der Waals surface area contributed by atoms with Crippen LogP contribution in [0.4, 0.5) is 0 Å². The third kappa shape index (κ3) is 4.03. The highest BCUT2D eigenvalue weighted by molar-refractivity contribution is 7.71. The second-order valence-electron chi connectivity index (χ2n) is 7.20. The molecule has 148 valence electrons. The van der Waals surface area contributed by atoms with Crippen LogP contribution in [0.5, 0.6) is 0 Å². The van der Waals surface area contributed by atoms with Gasteiger partial charge in [-0.15, -0.1) is 0 Å². The van der Waals surface area contributed by atoms with E-state index in [0.717, 1.165) is 34.6 Å². The predicted molar refractivity (Wildman–Crippen MR) is 115 cm³/mol. The van der Waals surface area contributed by atoms with Gasteiger partial charge in [0.25, 0.3) is 0 Å². The van der Waals surface area contributed by atoms with Crippen LogP contribution in [0.1, 0.15) is 16.7 Å². The second-order valence-corrected chi connectivity index (χ2v) is 7.56. The molecule has 0 aliphatic rings. The van der Waals surface area contributed by atoms with Gasteiger partial charge in [0.15, 0.2) is 0 Å². The third-order valence-electron chi connectivity index (χ3n) is 4.78. The monoisotopic (exact) mass is 405 g/mol. The van der Waals surface area contributed by atoms with E-state index in [-0.39, 0.29) is 0 Å². The van der Waals surface area contributed by atoms with E-state index < -0.39 is 0 Å². The molecule has 0 spiro atoms. The summed E-state index contributed by atoms with van der Waals surface area (Å²) in [6, 6.07) is 16.2. The highest BCUT2D eigenvalue weighted by atomic mass is 32.1. The Kier molecular flexibility index (Phi) is 5.37. The smallest absolute Gasteiger partial charge is 0.221 e. The Morgan fingerprint density at radius 2 is 1.69 bits per heavy atom. The average molecular weight is 406 g/mol. The van der Waals surface area contributed by atoms with Crippen LogP contribution in [0.15, 0.2) is 60.9 Å². The van der Waals surface area contributed by atoms with Gasteiger partial charge in [-0.2, -0.15) is 9.78 Å². The van der Waals surface area contributed by atoms with Crippen molar-refractivity contribution in [3.05, 3.63) is 82.4 Å². The summed E-state index contributed by atoms with van der Waals surface area (Å²) in [5.74, 6) is 0. The molecular formula is C21H23N7S. The molecule has 4 rings (SSSR count). The molecule has 0 fully saturated rings. The number of rotatable bonds is 6. The Bertz CT molecular complexity index is 1150. The van der Waals surface area contributed by atoms with E-state index in [4.69, 9.17) is 12.2 Å². The van der Waals surface area contributed by atoms with Crippen molar-refractivity contribution in [3.8, 4) is 11.4 Å². The van der Waals surface area contributed by atoms with Gasteiger partial charge in [-0.1, -0.05) is 36.4 Å². The van der Waals surface area contributed by atoms with E-state index in [1.54, 1.807) is 9.36 Å². The lowest BCUT2D eigenvalue weighted by atomic mass is 10.1. The molecule has 0 atom stereocenters. The summed E-state index contributed by atoms with van der Waals surface area (Å²) < 4.78 is 5.94. The molecule has 29 heavy (non-hydrogen) atoms. The first-order chi connectivity index (χ1) is 14.0. The van der Waals surface area contributed by atoms with Crippen LogP contribution >= 0.6 is 12.2 Å². The highest BCUT2D eigenvalue weighted by Crippen LogP contribution is 2.18. The number of benzene rings is 2. The number of hydrogen-bond donors (Lipinski definition) is 0. The topological polar surface area (TPSA) is 56.7 Å². The maximum atomic E-state index is 5.64. The maximum absolute atomic E-state index is 5.64. The first-order valence-corrected chi connectivity index (χ1v) is 9.80. The standard InChI is InChI=1S/C21H23N7S/c1-16-8-7-9-17(2)20(16)28-21(29)27(23-24-28)15-25(3)13-18-12-22-26(14-18)19-10-5-4-6-11-19/h4-12,14H,13,15H2,1-3H3. The van der Waals surface area contributed by atoms with E-state index in [1.165, 1.54) is 0 Å². The zero-order valence-corrected chi connectivity index (χ0v) is 17.5. The molecular weight excluding hydrogens is 382 g/mol. The molecule has 0 saturated carbocycles. The largest absolute Gasteiger partial charge is 0.283 e. The minimum Gasteiger partial charge on any atom is -0.283 e. The molecule has 0 radical (unpaired) electrons. The number of hydrogen-bond acceptors (Lipinski definition) is 5. The summed E-state index contributed by atoms with van der Waals surface area (Å²) in [6.07, 6.45) is 3.93. The minimum absolute atomic E-state index is 0.542. The summed E-state index contributed by atoms with van der Waals surface area (Å²) >= 11 is 5.64. The van der Waals surface area contributed by atoms with E-state index in [9.17, 15) is 0 Å². The summed E-state index contributed by atoms with van der Waals surface area (Å²) in [4.78, 5) is 2.13. The van der Waals surface area contributed by atoms with Crippen LogP contribution in [-0.2, 0) is 13.2 Å². The molecule has 0 aliphatic carbocycles. The molecule has 0 aliphatic heterocycles. The molecule has 2 aromatic carbocycles. The van der Waals surface area contributed by atoms with Crippen molar-refractivity contribution < 1.29 is 0 Å². The van der Waals surface area contributed by atoms with Gasteiger partial charge >= 0.3 is 0 Å². The molecule has 7 nitrogen and oxygen atoms in total. The maximum Gasteiger partial charge on any atom is 0.221 e. The highest BCUT2D eigenvalue weighted by Gasteiger charge is 2.12. The Morgan fingerprint density at radius 3 is 2.41 bits per heavy atom. The van der Waals surface area contributed by atoms with Crippen molar-refractivity contribution in [2.24, 2.45) is 0 Å². The van der Waals surface area contributed by atoms with Crippen LogP contribution in [-0.4, -0.2) is 41.5 Å². The van der Waals surface area contributed by atoms with Crippen molar-refractivity contribution in [2.45, 2.75) is 27.1 Å². The quantitative estimate of drug-likeness (QED) is 0.458. The first-order valence-electron chi connectivity index (χ1n) is 9.40. The lowest BCUT2D eigenvalue weighted by Gasteiger charge is -2.14. The molecule has 2 heterocycles. The fourth-order valence-electron chi connectivity index (χ4n) is 3.40. The SMILES string of the molecule is Cc1cccc(C)c1-n1nnn(CN(C)Cc2cnn(-c3ccccc3)c2)c1=S. The number of tetrazole rings is 1. The summed E-state index contributed by atoms with van der Waals surface area (Å²) in [5, 5.41) is 13.0. The minimum atomic E-state index is 0.542. The summed E-state index contributed by atoms with van der Waals surface area (Å²) in [7, 11) is 2.03. The molecule has 0 unspecified atom stereocenters. The van der Waals surface area contributed by atoms with Crippen LogP contribution in [0.3, 0.4) is 0 Å². The van der Waals surface area contributed by atoms with Gasteiger partial charge < -0.3 is 0 Å². The van der Waals surface area contributed by atoms with Crippen molar-refractivity contribution in [3.63, 3.8) is 0 Å². The van der Waals surface area contributed by atoms with E-state index in [0.29, 0.717) is 11.4 Å². The van der Waals surface area contributed by atoms with Gasteiger partial charge in [0.2, 0.25) is 4.77 Å². The van der Waals surface area contributed by atoms with E-state index in [2.05, 4.69) is 46.4 Å². The second kappa shape index (κ2) is 8.10. The van der Waals surface area contributed by atoms with Crippen molar-refractivity contribution in [1.82, 2.24) is 34.5 Å². The lowest BCUT2D eigenvalue weighted by Crippen LogP contribution is -2.22. The molecule has 0 bridgehead atoms. The zero-order valence-electron chi connectivity index (χ0n) is 16.7. The van der Waals surface area contributed by atoms with Gasteiger partial charge in [-0.25, -0.2) is 9.36 Å². The summed E-state index contributed by atoms with van der Waals surface area (Å²) in [6.45, 7) is 5.38. The van der Waals surface area contributed by atoms with Crippen LogP contribution in [0.25, 0.3) is 11.4 Å². The Morgan fingerprint density at radius 1 is 0.966 bits per heavy atom. The normalized spacial score (nSPS) is 11.3. The molecule has 8 heteroatoms. The van der Waals surface area contributed by atoms with Gasteiger partial charge in [-0.05, 0) is 66.8 Å². The number of aryl methyl sites for hydroxylation is 2. The van der Waals surface area contributed by atoms with E-state index in [1.807, 2.05) is 60.5 Å². The van der Waals surface area contributed by atoms with Gasteiger partial charge in [-0.3, -0.25) is 4.90 Å². The average Bonchev–Trinajstić information content (AvgIpc) is 3.31. The summed E-state index contributed by atoms with van der Waals surface area (Å²) in [5.41, 5.74) is 5.39. The lowest BCUT2D eigenvalue weighted by molar-refractivity contribution is 0.242. The molecule has 0 saturated heterocycles. The van der Waals surface area contributed by atoms with Gasteiger partial charge in [0.05, 0.1) is 24.2 Å². The Balaban J connectivity index is 1.49. The van der Waals surface area contributed by atoms with Crippen LogP contribution < -0.4 is 0 Å². The van der Waals surface area contributed by atoms with Crippen LogP contribution in [0, 0.1) is 18.6 Å². The van der Waals surface area contributed by atoms with Gasteiger partial charge in [0, 0.05) is 18.3 Å². The molecule has 0 amide bonds. The van der Waals surface area contributed by atoms with Crippen molar-refractivity contribution in [1.29, 1.82) is 0 Å². The third-order valence-corrected chi connectivity index (χ3v) is 5.16. The zero-order chi connectivity index (χ0) is 20.4. The fourth-order valence-corrected chi connectivity index (χ4v) is 3.62. The Hall–Kier alpha value is -3.10. The number of nitrogens with zero attached hydrogens (tertiary/aromatic N) is 7. The Labute approximate surface area is 174 Å². The number of aromatic nitrogens is 6. The molecule has 4 aromatic rings. The molecule has 0 N–H and O–H groups in total. The predicted octanol–water partition coefficient (Wildman–Crippen LogP) is 3.69. The fraction of sp³-hybridized carbons (Fsp3) is 0.238. The van der Waals surface area contributed by atoms with E-state index >= 15 is 0 Å². The van der Waals surface area contributed by atoms with Crippen LogP contribution in [0.2, 0.25) is 0 Å². The number of para-hydroxylation sites is 2. The van der Waals surface area contributed by atoms with Gasteiger partial charge in [0.1, 0.15) is 0 Å². The van der Waals surface area contributed by atoms with Crippen molar-refractivity contribution in [2.75, 3.05) is 7.05 Å². The molecule has 2 aromatic heterocycles.